The molecule has 0 aliphatic carbocycles. The van der Waals surface area contributed by atoms with E-state index in [0.29, 0.717) is 17.1 Å². The SMILES string of the molecule is CCOC(=O)N1CCN(S(=O)(=O)c2ccc(C(=O)N=c3sc4cccc(OC)c4n3CC)cc2)CC1. The summed E-state index contributed by atoms with van der Waals surface area (Å²) in [5, 5.41) is 0. The van der Waals surface area contributed by atoms with E-state index in [2.05, 4.69) is 4.99 Å². The third-order valence-electron chi connectivity index (χ3n) is 5.90. The van der Waals surface area contributed by atoms with E-state index in [1.807, 2.05) is 29.7 Å². The smallest absolute Gasteiger partial charge is 0.409 e. The van der Waals surface area contributed by atoms with Crippen LogP contribution in [0.15, 0.2) is 52.4 Å². The van der Waals surface area contributed by atoms with E-state index in [9.17, 15) is 18.0 Å². The average Bonchev–Trinajstić information content (AvgIpc) is 3.26. The van der Waals surface area contributed by atoms with Gasteiger partial charge in [-0.25, -0.2) is 13.2 Å². The van der Waals surface area contributed by atoms with Gasteiger partial charge in [0.15, 0.2) is 4.80 Å². The molecule has 12 heteroatoms. The van der Waals surface area contributed by atoms with Gasteiger partial charge in [0.05, 0.1) is 23.3 Å². The predicted octanol–water partition coefficient (Wildman–Crippen LogP) is 2.94. The molecule has 192 valence electrons. The number of sulfonamides is 1. The summed E-state index contributed by atoms with van der Waals surface area (Å²) in [4.78, 5) is 31.2. The lowest BCUT2D eigenvalue weighted by Crippen LogP contribution is -2.50. The summed E-state index contributed by atoms with van der Waals surface area (Å²) in [6.07, 6.45) is -0.442. The second-order valence-corrected chi connectivity index (χ2v) is 10.9. The molecule has 0 spiro atoms. The third-order valence-corrected chi connectivity index (χ3v) is 8.86. The molecule has 0 unspecified atom stereocenters. The van der Waals surface area contributed by atoms with Crippen LogP contribution in [-0.4, -0.2) is 74.1 Å². The largest absolute Gasteiger partial charge is 0.495 e. The van der Waals surface area contributed by atoms with E-state index in [-0.39, 0.29) is 43.2 Å². The first-order chi connectivity index (χ1) is 17.3. The standard InChI is InChI=1S/C24H28N4O6S2/c1-4-28-21-19(33-3)7-6-8-20(21)35-23(28)25-22(29)17-9-11-18(12-10-17)36(31,32)27-15-13-26(14-16-27)24(30)34-5-2/h6-12H,4-5,13-16H2,1-3H3. The number of carbonyl (C=O) groups is 2. The number of piperazine rings is 1. The van der Waals surface area contributed by atoms with Gasteiger partial charge in [0.2, 0.25) is 10.0 Å². The molecule has 1 aliphatic rings. The van der Waals surface area contributed by atoms with E-state index < -0.39 is 22.0 Å². The van der Waals surface area contributed by atoms with Crippen molar-refractivity contribution in [1.82, 2.24) is 13.8 Å². The van der Waals surface area contributed by atoms with Crippen molar-refractivity contribution in [2.45, 2.75) is 25.3 Å². The first kappa shape index (κ1) is 25.9. The molecule has 0 atom stereocenters. The van der Waals surface area contributed by atoms with Crippen LogP contribution in [0, 0.1) is 0 Å². The minimum absolute atomic E-state index is 0.0823. The van der Waals surface area contributed by atoms with Crippen molar-refractivity contribution in [1.29, 1.82) is 0 Å². The van der Waals surface area contributed by atoms with E-state index in [1.165, 1.54) is 44.8 Å². The highest BCUT2D eigenvalue weighted by atomic mass is 32.2. The Balaban J connectivity index is 1.53. The van der Waals surface area contributed by atoms with Gasteiger partial charge in [-0.05, 0) is 50.2 Å². The van der Waals surface area contributed by atoms with E-state index in [0.717, 1.165) is 10.2 Å². The Kier molecular flexibility index (Phi) is 7.76. The number of para-hydroxylation sites is 1. The van der Waals surface area contributed by atoms with Crippen molar-refractivity contribution in [3.63, 3.8) is 0 Å². The van der Waals surface area contributed by atoms with Gasteiger partial charge >= 0.3 is 6.09 Å². The zero-order valence-electron chi connectivity index (χ0n) is 20.3. The van der Waals surface area contributed by atoms with Gasteiger partial charge in [-0.2, -0.15) is 9.30 Å². The minimum atomic E-state index is -3.76. The number of amides is 2. The van der Waals surface area contributed by atoms with Gasteiger partial charge in [-0.3, -0.25) is 4.79 Å². The molecule has 0 N–H and O–H groups in total. The van der Waals surface area contributed by atoms with Crippen molar-refractivity contribution >= 4 is 43.6 Å². The van der Waals surface area contributed by atoms with Crippen molar-refractivity contribution in [2.24, 2.45) is 4.99 Å². The predicted molar refractivity (Wildman–Crippen MR) is 136 cm³/mol. The summed E-state index contributed by atoms with van der Waals surface area (Å²) in [5.41, 5.74) is 1.16. The van der Waals surface area contributed by atoms with Crippen molar-refractivity contribution in [3.05, 3.63) is 52.8 Å². The molecule has 1 aromatic heterocycles. The monoisotopic (exact) mass is 532 g/mol. The maximum Gasteiger partial charge on any atom is 0.409 e. The number of rotatable bonds is 6. The Hall–Kier alpha value is -3.22. The first-order valence-electron chi connectivity index (χ1n) is 11.6. The van der Waals surface area contributed by atoms with Gasteiger partial charge in [0.25, 0.3) is 5.91 Å². The van der Waals surface area contributed by atoms with E-state index in [4.69, 9.17) is 9.47 Å². The fourth-order valence-corrected chi connectivity index (χ4v) is 6.57. The molecule has 0 radical (unpaired) electrons. The van der Waals surface area contributed by atoms with Crippen LogP contribution in [0.1, 0.15) is 24.2 Å². The lowest BCUT2D eigenvalue weighted by atomic mass is 10.2. The molecule has 1 fully saturated rings. The Morgan fingerprint density at radius 3 is 2.33 bits per heavy atom. The molecule has 10 nitrogen and oxygen atoms in total. The first-order valence-corrected chi connectivity index (χ1v) is 13.8. The lowest BCUT2D eigenvalue weighted by molar-refractivity contribution is 0.0933. The Labute approximate surface area is 213 Å². The Bertz CT molecular complexity index is 1440. The zero-order chi connectivity index (χ0) is 25.9. The number of aromatic nitrogens is 1. The highest BCUT2D eigenvalue weighted by Crippen LogP contribution is 2.27. The molecule has 2 aromatic carbocycles. The highest BCUT2D eigenvalue weighted by Gasteiger charge is 2.30. The van der Waals surface area contributed by atoms with Crippen LogP contribution in [0.3, 0.4) is 0 Å². The normalized spacial score (nSPS) is 15.3. The molecular formula is C24H28N4O6S2. The molecule has 4 rings (SSSR count). The molecule has 0 saturated carbocycles. The quantitative estimate of drug-likeness (QED) is 0.483. The zero-order valence-corrected chi connectivity index (χ0v) is 22.0. The van der Waals surface area contributed by atoms with Gasteiger partial charge in [-0.15, -0.1) is 0 Å². The Morgan fingerprint density at radius 2 is 1.72 bits per heavy atom. The molecule has 1 aliphatic heterocycles. The highest BCUT2D eigenvalue weighted by molar-refractivity contribution is 7.89. The summed E-state index contributed by atoms with van der Waals surface area (Å²) < 4.78 is 40.8. The number of nitrogens with zero attached hydrogens (tertiary/aromatic N) is 4. The summed E-state index contributed by atoms with van der Waals surface area (Å²) >= 11 is 1.39. The second-order valence-electron chi connectivity index (χ2n) is 7.97. The number of fused-ring (bicyclic) bond motifs is 1. The molecule has 36 heavy (non-hydrogen) atoms. The van der Waals surface area contributed by atoms with Crippen LogP contribution in [0.25, 0.3) is 10.2 Å². The topological polar surface area (TPSA) is 111 Å². The summed E-state index contributed by atoms with van der Waals surface area (Å²) in [7, 11) is -2.16. The molecule has 0 bridgehead atoms. The summed E-state index contributed by atoms with van der Waals surface area (Å²) in [6.45, 7) is 5.41. The van der Waals surface area contributed by atoms with Gasteiger partial charge in [0, 0.05) is 38.3 Å². The van der Waals surface area contributed by atoms with Crippen LogP contribution in [0.5, 0.6) is 5.75 Å². The van der Waals surface area contributed by atoms with Crippen molar-refractivity contribution in [2.75, 3.05) is 39.9 Å². The number of hydrogen-bond donors (Lipinski definition) is 0. The van der Waals surface area contributed by atoms with Crippen LogP contribution in [-0.2, 0) is 21.3 Å². The number of ether oxygens (including phenoxy) is 2. The van der Waals surface area contributed by atoms with Crippen molar-refractivity contribution < 1.29 is 27.5 Å². The molecule has 1 saturated heterocycles. The number of aryl methyl sites for hydroxylation is 1. The van der Waals surface area contributed by atoms with Crippen LogP contribution in [0.4, 0.5) is 4.79 Å². The summed E-state index contributed by atoms with van der Waals surface area (Å²) in [6, 6.07) is 11.5. The number of methoxy groups -OCH3 is 1. The third kappa shape index (κ3) is 5.01. The maximum atomic E-state index is 13.1. The minimum Gasteiger partial charge on any atom is -0.495 e. The number of benzene rings is 2. The van der Waals surface area contributed by atoms with Gasteiger partial charge in [-0.1, -0.05) is 17.4 Å². The second kappa shape index (κ2) is 10.8. The maximum absolute atomic E-state index is 13.1. The van der Waals surface area contributed by atoms with Crippen LogP contribution >= 0.6 is 11.3 Å². The van der Waals surface area contributed by atoms with Gasteiger partial charge in [0.1, 0.15) is 11.3 Å². The molecule has 2 heterocycles. The number of carbonyl (C=O) groups excluding carboxylic acids is 2. The summed E-state index contributed by atoms with van der Waals surface area (Å²) in [5.74, 6) is 0.242. The fraction of sp³-hybridized carbons (Fsp3) is 0.375. The van der Waals surface area contributed by atoms with E-state index >= 15 is 0 Å². The Morgan fingerprint density at radius 1 is 1.03 bits per heavy atom. The molecular weight excluding hydrogens is 504 g/mol. The fourth-order valence-electron chi connectivity index (χ4n) is 4.04. The average molecular weight is 533 g/mol. The lowest BCUT2D eigenvalue weighted by Gasteiger charge is -2.33. The van der Waals surface area contributed by atoms with E-state index in [1.54, 1.807) is 14.0 Å². The number of hydrogen-bond acceptors (Lipinski definition) is 7. The number of thiazole rings is 1. The van der Waals surface area contributed by atoms with Crippen molar-refractivity contribution in [3.8, 4) is 5.75 Å². The van der Waals surface area contributed by atoms with Gasteiger partial charge < -0.3 is 18.9 Å². The molecule has 3 aromatic rings. The molecule has 2 amide bonds. The van der Waals surface area contributed by atoms with Crippen LogP contribution in [0.2, 0.25) is 0 Å². The van der Waals surface area contributed by atoms with Crippen LogP contribution < -0.4 is 9.54 Å².